The van der Waals surface area contributed by atoms with Gasteiger partial charge in [0, 0.05) is 18.1 Å². The second-order valence-corrected chi connectivity index (χ2v) is 3.91. The molecule has 3 N–H and O–H groups in total. The van der Waals surface area contributed by atoms with Gasteiger partial charge >= 0.3 is 12.1 Å². The molecule has 5 nitrogen and oxygen atoms in total. The number of amides is 1. The lowest BCUT2D eigenvalue weighted by Gasteiger charge is -2.07. The second-order valence-electron chi connectivity index (χ2n) is 3.91. The number of halogens is 3. The van der Waals surface area contributed by atoms with Gasteiger partial charge in [-0.05, 0) is 18.1 Å². The molecule has 2 aromatic heterocycles. The lowest BCUT2D eigenvalue weighted by molar-refractivity contribution is -0.173. The Hall–Kier alpha value is -2.25. The van der Waals surface area contributed by atoms with Crippen LogP contribution in [0.15, 0.2) is 18.5 Å². The van der Waals surface area contributed by atoms with Gasteiger partial charge in [-0.1, -0.05) is 0 Å². The Morgan fingerprint density at radius 1 is 1.47 bits per heavy atom. The third kappa shape index (κ3) is 2.95. The summed E-state index contributed by atoms with van der Waals surface area (Å²) in [5, 5.41) is 11.7. The molecule has 2 rings (SSSR count). The minimum Gasteiger partial charge on any atom is -0.506 e. The topological polar surface area (TPSA) is 78.0 Å². The van der Waals surface area contributed by atoms with E-state index in [0.29, 0.717) is 16.6 Å². The molecular weight excluding hydrogens is 263 g/mol. The van der Waals surface area contributed by atoms with Gasteiger partial charge in [0.2, 0.25) is 0 Å². The van der Waals surface area contributed by atoms with E-state index < -0.39 is 12.1 Å². The summed E-state index contributed by atoms with van der Waals surface area (Å²) in [7, 11) is 0. The number of aromatic nitrogens is 2. The fourth-order valence-corrected chi connectivity index (χ4v) is 1.66. The molecule has 0 aromatic carbocycles. The van der Waals surface area contributed by atoms with Gasteiger partial charge < -0.3 is 15.4 Å². The number of rotatable bonds is 3. The first-order valence-corrected chi connectivity index (χ1v) is 5.38. The van der Waals surface area contributed by atoms with E-state index >= 15 is 0 Å². The fourth-order valence-electron chi connectivity index (χ4n) is 1.66. The number of carbonyl (C=O) groups excluding carboxylic acids is 1. The fraction of sp³-hybridized carbons (Fsp3) is 0.273. The van der Waals surface area contributed by atoms with E-state index in [2.05, 4.69) is 9.97 Å². The van der Waals surface area contributed by atoms with Crippen LogP contribution in [0.4, 0.5) is 13.2 Å². The monoisotopic (exact) mass is 273 g/mol. The molecule has 0 saturated heterocycles. The first kappa shape index (κ1) is 13.2. The summed E-state index contributed by atoms with van der Waals surface area (Å²) >= 11 is 0. The van der Waals surface area contributed by atoms with E-state index in [1.165, 1.54) is 12.3 Å². The average Bonchev–Trinajstić information content (AvgIpc) is 2.70. The molecule has 0 fully saturated rings. The molecule has 2 aromatic rings. The summed E-state index contributed by atoms with van der Waals surface area (Å²) in [4.78, 5) is 17.4. The number of aromatic amines is 1. The van der Waals surface area contributed by atoms with Crippen molar-refractivity contribution in [3.63, 3.8) is 0 Å². The molecule has 8 heteroatoms. The van der Waals surface area contributed by atoms with Gasteiger partial charge in [-0.2, -0.15) is 13.2 Å². The number of hydrogen-bond acceptors (Lipinski definition) is 3. The van der Waals surface area contributed by atoms with Crippen LogP contribution in [0.1, 0.15) is 5.56 Å². The second kappa shape index (κ2) is 4.79. The molecule has 0 saturated carbocycles. The normalized spacial score (nSPS) is 11.7. The number of pyridine rings is 1. The van der Waals surface area contributed by atoms with Gasteiger partial charge in [0.1, 0.15) is 11.4 Å². The molecule has 0 bridgehead atoms. The number of carbonyl (C=O) groups is 1. The van der Waals surface area contributed by atoms with Crippen molar-refractivity contribution in [2.75, 3.05) is 6.54 Å². The van der Waals surface area contributed by atoms with Crippen LogP contribution in [0.2, 0.25) is 0 Å². The van der Waals surface area contributed by atoms with Gasteiger partial charge in [-0.3, -0.25) is 4.79 Å². The summed E-state index contributed by atoms with van der Waals surface area (Å²) in [6.45, 7) is -0.152. The summed E-state index contributed by atoms with van der Waals surface area (Å²) in [6.07, 6.45) is -1.84. The third-order valence-electron chi connectivity index (χ3n) is 2.54. The van der Waals surface area contributed by atoms with Crippen LogP contribution in [0.5, 0.6) is 5.75 Å². The molecular formula is C11H10F3N3O2. The summed E-state index contributed by atoms with van der Waals surface area (Å²) in [5.41, 5.74) is 1.19. The van der Waals surface area contributed by atoms with E-state index in [-0.39, 0.29) is 18.7 Å². The van der Waals surface area contributed by atoms with Crippen LogP contribution in [-0.4, -0.2) is 33.7 Å². The van der Waals surface area contributed by atoms with Crippen LogP contribution in [0.25, 0.3) is 11.0 Å². The molecule has 0 spiro atoms. The van der Waals surface area contributed by atoms with Crippen LogP contribution in [0, 0.1) is 0 Å². The molecule has 0 radical (unpaired) electrons. The molecule has 0 aliphatic rings. The van der Waals surface area contributed by atoms with Crippen LogP contribution in [-0.2, 0) is 11.2 Å². The van der Waals surface area contributed by atoms with Gasteiger partial charge in [-0.25, -0.2) is 4.98 Å². The van der Waals surface area contributed by atoms with Gasteiger partial charge in [0.25, 0.3) is 0 Å². The highest BCUT2D eigenvalue weighted by atomic mass is 19.4. The number of fused-ring (bicyclic) bond motifs is 1. The highest BCUT2D eigenvalue weighted by Gasteiger charge is 2.38. The number of nitrogens with zero attached hydrogens (tertiary/aromatic N) is 1. The summed E-state index contributed by atoms with van der Waals surface area (Å²) in [6, 6.07) is 1.46. The SMILES string of the molecule is O=C(NCCc1c[nH]c2ncc(O)cc12)C(F)(F)F. The number of alkyl halides is 3. The van der Waals surface area contributed by atoms with Gasteiger partial charge in [-0.15, -0.1) is 0 Å². The van der Waals surface area contributed by atoms with E-state index in [4.69, 9.17) is 0 Å². The van der Waals surface area contributed by atoms with Crippen molar-refractivity contribution in [1.29, 1.82) is 0 Å². The van der Waals surface area contributed by atoms with Crippen LogP contribution in [0.3, 0.4) is 0 Å². The van der Waals surface area contributed by atoms with Gasteiger partial charge in [0.15, 0.2) is 0 Å². The Bertz CT molecular complexity index is 607. The minimum absolute atomic E-state index is 0.0346. The predicted octanol–water partition coefficient (Wildman–Crippen LogP) is 1.49. The minimum atomic E-state index is -4.87. The number of hydrogen-bond donors (Lipinski definition) is 3. The Balaban J connectivity index is 2.03. The molecule has 2 heterocycles. The first-order valence-electron chi connectivity index (χ1n) is 5.38. The van der Waals surface area contributed by atoms with Crippen molar-refractivity contribution in [2.24, 2.45) is 0 Å². The summed E-state index contributed by atoms with van der Waals surface area (Å²) in [5.74, 6) is -2.00. The van der Waals surface area contributed by atoms with Crippen LogP contribution < -0.4 is 5.32 Å². The number of H-pyrrole nitrogens is 1. The number of aromatic hydroxyl groups is 1. The van der Waals surface area contributed by atoms with Crippen molar-refractivity contribution in [3.8, 4) is 5.75 Å². The molecule has 1 amide bonds. The first-order chi connectivity index (χ1) is 8.88. The predicted molar refractivity (Wildman–Crippen MR) is 60.5 cm³/mol. The lowest BCUT2D eigenvalue weighted by atomic mass is 10.1. The van der Waals surface area contributed by atoms with Crippen molar-refractivity contribution in [2.45, 2.75) is 12.6 Å². The molecule has 0 aliphatic carbocycles. The highest BCUT2D eigenvalue weighted by molar-refractivity contribution is 5.82. The quantitative estimate of drug-likeness (QED) is 0.792. The third-order valence-corrected chi connectivity index (χ3v) is 2.54. The lowest BCUT2D eigenvalue weighted by Crippen LogP contribution is -2.37. The van der Waals surface area contributed by atoms with Crippen molar-refractivity contribution in [1.82, 2.24) is 15.3 Å². The maximum atomic E-state index is 12.0. The largest absolute Gasteiger partial charge is 0.506 e. The zero-order chi connectivity index (χ0) is 14.0. The maximum absolute atomic E-state index is 12.0. The molecule has 0 atom stereocenters. The Kier molecular flexibility index (Phi) is 3.32. The molecule has 0 aliphatic heterocycles. The van der Waals surface area contributed by atoms with Crippen LogP contribution >= 0.6 is 0 Å². The zero-order valence-electron chi connectivity index (χ0n) is 9.58. The maximum Gasteiger partial charge on any atom is 0.471 e. The Morgan fingerprint density at radius 3 is 2.89 bits per heavy atom. The average molecular weight is 273 g/mol. The van der Waals surface area contributed by atoms with Crippen molar-refractivity contribution >= 4 is 16.9 Å². The van der Waals surface area contributed by atoms with E-state index in [0.717, 1.165) is 0 Å². The van der Waals surface area contributed by atoms with Gasteiger partial charge in [0.05, 0.1) is 6.20 Å². The number of nitrogens with one attached hydrogen (secondary N) is 2. The highest BCUT2D eigenvalue weighted by Crippen LogP contribution is 2.21. The van der Waals surface area contributed by atoms with E-state index in [1.54, 1.807) is 11.5 Å². The molecule has 0 unspecified atom stereocenters. The smallest absolute Gasteiger partial charge is 0.471 e. The van der Waals surface area contributed by atoms with Crippen molar-refractivity contribution < 1.29 is 23.1 Å². The molecule has 102 valence electrons. The molecule has 19 heavy (non-hydrogen) atoms. The van der Waals surface area contributed by atoms with E-state index in [9.17, 15) is 23.1 Å². The zero-order valence-corrected chi connectivity index (χ0v) is 9.58. The Labute approximate surface area is 105 Å². The Morgan fingerprint density at radius 2 is 2.21 bits per heavy atom. The standard InChI is InChI=1S/C11H10F3N3O2/c12-11(13,14)10(19)15-2-1-6-4-16-9-8(6)3-7(18)5-17-9/h3-5,18H,1-2H2,(H,15,19)(H,16,17). The van der Waals surface area contributed by atoms with E-state index in [1.807, 2.05) is 0 Å². The van der Waals surface area contributed by atoms with Crippen molar-refractivity contribution in [3.05, 3.63) is 24.0 Å². The summed E-state index contributed by atoms with van der Waals surface area (Å²) < 4.78 is 35.9.